The molecular weight excluding hydrogens is 280 g/mol. The first kappa shape index (κ1) is 14.3. The molecule has 1 aromatic heterocycles. The second-order valence-electron chi connectivity index (χ2n) is 5.63. The predicted molar refractivity (Wildman–Crippen MR) is 86.5 cm³/mol. The molecule has 0 bridgehead atoms. The Morgan fingerprint density at radius 3 is 3.10 bits per heavy atom. The Kier molecular flexibility index (Phi) is 4.36. The molecule has 2 atom stereocenters. The summed E-state index contributed by atoms with van der Waals surface area (Å²) in [6.07, 6.45) is 0.886. The topological polar surface area (TPSA) is 41.1 Å². The maximum absolute atomic E-state index is 12.6. The van der Waals surface area contributed by atoms with E-state index in [1.165, 1.54) is 11.1 Å². The molecule has 2 aromatic rings. The van der Waals surface area contributed by atoms with Gasteiger partial charge in [-0.25, -0.2) is 0 Å². The van der Waals surface area contributed by atoms with Crippen LogP contribution in [0.3, 0.4) is 0 Å². The van der Waals surface area contributed by atoms with Crippen LogP contribution in [0, 0.1) is 0 Å². The highest BCUT2D eigenvalue weighted by Gasteiger charge is 2.26. The molecular formula is C17H20N2OS. The average Bonchev–Trinajstić information content (AvgIpc) is 2.99. The lowest BCUT2D eigenvalue weighted by Gasteiger charge is -2.27. The fourth-order valence-electron chi connectivity index (χ4n) is 2.89. The average molecular weight is 300 g/mol. The van der Waals surface area contributed by atoms with E-state index in [4.69, 9.17) is 0 Å². The molecule has 1 amide bonds. The summed E-state index contributed by atoms with van der Waals surface area (Å²) in [4.78, 5) is 12.6. The highest BCUT2D eigenvalue weighted by atomic mass is 32.1. The van der Waals surface area contributed by atoms with Crippen LogP contribution in [0.5, 0.6) is 0 Å². The van der Waals surface area contributed by atoms with E-state index in [1.54, 1.807) is 11.3 Å². The molecule has 110 valence electrons. The quantitative estimate of drug-likeness (QED) is 0.911. The molecule has 0 saturated carbocycles. The van der Waals surface area contributed by atoms with E-state index in [0.717, 1.165) is 18.5 Å². The number of fused-ring (bicyclic) bond motifs is 1. The van der Waals surface area contributed by atoms with Crippen molar-refractivity contribution in [2.24, 2.45) is 0 Å². The van der Waals surface area contributed by atoms with Crippen molar-refractivity contribution in [1.29, 1.82) is 0 Å². The Balaban J connectivity index is 1.66. The fourth-order valence-corrected chi connectivity index (χ4v) is 3.57. The Bertz CT molecular complexity index is 609. The van der Waals surface area contributed by atoms with Gasteiger partial charge >= 0.3 is 0 Å². The molecule has 0 fully saturated rings. The molecule has 2 N–H and O–H groups in total. The van der Waals surface area contributed by atoms with E-state index >= 15 is 0 Å². The van der Waals surface area contributed by atoms with Gasteiger partial charge < -0.3 is 10.6 Å². The third kappa shape index (κ3) is 3.34. The SMILES string of the molecule is CC(Cc1ccsc1)NC(=O)C1CNCc2ccccc21. The number of hydrogen-bond donors (Lipinski definition) is 2. The molecule has 1 aromatic carbocycles. The molecule has 3 nitrogen and oxygen atoms in total. The largest absolute Gasteiger partial charge is 0.353 e. The smallest absolute Gasteiger partial charge is 0.229 e. The maximum Gasteiger partial charge on any atom is 0.229 e. The molecule has 0 radical (unpaired) electrons. The van der Waals surface area contributed by atoms with Gasteiger partial charge in [0.05, 0.1) is 5.92 Å². The number of rotatable bonds is 4. The summed E-state index contributed by atoms with van der Waals surface area (Å²) in [6.45, 7) is 3.64. The Labute approximate surface area is 129 Å². The Morgan fingerprint density at radius 1 is 1.43 bits per heavy atom. The summed E-state index contributed by atoms with van der Waals surface area (Å²) in [6, 6.07) is 10.5. The van der Waals surface area contributed by atoms with E-state index in [1.807, 2.05) is 12.1 Å². The van der Waals surface area contributed by atoms with Gasteiger partial charge in [-0.1, -0.05) is 24.3 Å². The van der Waals surface area contributed by atoms with Crippen molar-refractivity contribution in [2.75, 3.05) is 6.54 Å². The van der Waals surface area contributed by atoms with Gasteiger partial charge in [-0.15, -0.1) is 0 Å². The number of benzene rings is 1. The summed E-state index contributed by atoms with van der Waals surface area (Å²) >= 11 is 1.70. The third-order valence-corrected chi connectivity index (χ3v) is 4.65. The van der Waals surface area contributed by atoms with Crippen LogP contribution in [0.1, 0.15) is 29.5 Å². The number of amides is 1. The van der Waals surface area contributed by atoms with Crippen LogP contribution in [0.2, 0.25) is 0 Å². The first-order valence-electron chi connectivity index (χ1n) is 7.34. The van der Waals surface area contributed by atoms with E-state index in [2.05, 4.69) is 46.5 Å². The molecule has 2 heterocycles. The molecule has 0 aliphatic carbocycles. The highest BCUT2D eigenvalue weighted by molar-refractivity contribution is 7.07. The van der Waals surface area contributed by atoms with Gasteiger partial charge in [0.2, 0.25) is 5.91 Å². The molecule has 2 unspecified atom stereocenters. The van der Waals surface area contributed by atoms with Crippen LogP contribution in [0.4, 0.5) is 0 Å². The number of nitrogens with one attached hydrogen (secondary N) is 2. The molecule has 0 spiro atoms. The standard InChI is InChI=1S/C17H20N2OS/c1-12(8-13-6-7-21-11-13)19-17(20)16-10-18-9-14-4-2-3-5-15(14)16/h2-7,11-12,16,18H,8-10H2,1H3,(H,19,20). The summed E-state index contributed by atoms with van der Waals surface area (Å²) in [5.41, 5.74) is 3.68. The second-order valence-corrected chi connectivity index (χ2v) is 6.41. The highest BCUT2D eigenvalue weighted by Crippen LogP contribution is 2.24. The zero-order valence-electron chi connectivity index (χ0n) is 12.1. The van der Waals surface area contributed by atoms with E-state index in [0.29, 0.717) is 6.54 Å². The lowest BCUT2D eigenvalue weighted by atomic mass is 9.90. The molecule has 1 aliphatic rings. The van der Waals surface area contributed by atoms with Gasteiger partial charge in [-0.05, 0) is 46.9 Å². The van der Waals surface area contributed by atoms with Crippen molar-refractivity contribution < 1.29 is 4.79 Å². The van der Waals surface area contributed by atoms with Gasteiger partial charge in [-0.2, -0.15) is 11.3 Å². The Hall–Kier alpha value is -1.65. The van der Waals surface area contributed by atoms with Crippen molar-refractivity contribution in [3.05, 3.63) is 57.8 Å². The summed E-state index contributed by atoms with van der Waals surface area (Å²) in [5, 5.41) is 10.7. The molecule has 3 rings (SSSR count). The fraction of sp³-hybridized carbons (Fsp3) is 0.353. The van der Waals surface area contributed by atoms with Crippen LogP contribution in [0.15, 0.2) is 41.1 Å². The molecule has 0 saturated heterocycles. The number of hydrogen-bond acceptors (Lipinski definition) is 3. The van der Waals surface area contributed by atoms with Crippen LogP contribution < -0.4 is 10.6 Å². The van der Waals surface area contributed by atoms with E-state index in [9.17, 15) is 4.79 Å². The van der Waals surface area contributed by atoms with Crippen molar-refractivity contribution >= 4 is 17.2 Å². The number of carbonyl (C=O) groups is 1. The van der Waals surface area contributed by atoms with E-state index < -0.39 is 0 Å². The lowest BCUT2D eigenvalue weighted by molar-refractivity contribution is -0.123. The van der Waals surface area contributed by atoms with Crippen molar-refractivity contribution in [3.8, 4) is 0 Å². The monoisotopic (exact) mass is 300 g/mol. The van der Waals surface area contributed by atoms with Crippen molar-refractivity contribution in [3.63, 3.8) is 0 Å². The zero-order chi connectivity index (χ0) is 14.7. The van der Waals surface area contributed by atoms with Crippen LogP contribution >= 0.6 is 11.3 Å². The molecule has 4 heteroatoms. The first-order valence-corrected chi connectivity index (χ1v) is 8.28. The predicted octanol–water partition coefficient (Wildman–Crippen LogP) is 2.68. The van der Waals surface area contributed by atoms with Gasteiger partial charge in [0.25, 0.3) is 0 Å². The van der Waals surface area contributed by atoms with Gasteiger partial charge in [0.1, 0.15) is 0 Å². The minimum atomic E-state index is -0.0834. The summed E-state index contributed by atoms with van der Waals surface area (Å²) < 4.78 is 0. The minimum absolute atomic E-state index is 0.0834. The van der Waals surface area contributed by atoms with Gasteiger partial charge in [0.15, 0.2) is 0 Å². The van der Waals surface area contributed by atoms with Crippen LogP contribution in [-0.4, -0.2) is 18.5 Å². The summed E-state index contributed by atoms with van der Waals surface area (Å²) in [7, 11) is 0. The van der Waals surface area contributed by atoms with E-state index in [-0.39, 0.29) is 17.9 Å². The van der Waals surface area contributed by atoms with Crippen LogP contribution in [-0.2, 0) is 17.8 Å². The van der Waals surface area contributed by atoms with Gasteiger partial charge in [0, 0.05) is 19.1 Å². The van der Waals surface area contributed by atoms with Gasteiger partial charge in [-0.3, -0.25) is 4.79 Å². The minimum Gasteiger partial charge on any atom is -0.353 e. The second kappa shape index (κ2) is 6.41. The number of carbonyl (C=O) groups excluding carboxylic acids is 1. The normalized spacial score (nSPS) is 18.8. The molecule has 1 aliphatic heterocycles. The maximum atomic E-state index is 12.6. The lowest BCUT2D eigenvalue weighted by Crippen LogP contribution is -2.42. The summed E-state index contributed by atoms with van der Waals surface area (Å²) in [5.74, 6) is 0.0391. The number of thiophene rings is 1. The Morgan fingerprint density at radius 2 is 2.29 bits per heavy atom. The molecule has 21 heavy (non-hydrogen) atoms. The zero-order valence-corrected chi connectivity index (χ0v) is 13.0. The van der Waals surface area contributed by atoms with Crippen LogP contribution in [0.25, 0.3) is 0 Å². The first-order chi connectivity index (χ1) is 10.2. The van der Waals surface area contributed by atoms with Crippen molar-refractivity contribution in [2.45, 2.75) is 31.8 Å². The third-order valence-electron chi connectivity index (χ3n) is 3.92. The van der Waals surface area contributed by atoms with Crippen molar-refractivity contribution in [1.82, 2.24) is 10.6 Å².